The number of nitrogens with one attached hydrogen (secondary N) is 1. The molecular weight excluding hydrogens is 446 g/mol. The average molecular weight is 468 g/mol. The average Bonchev–Trinajstić information content (AvgIpc) is 3.49. The van der Waals surface area contributed by atoms with Crippen LogP contribution in [0.5, 0.6) is 5.75 Å². The Bertz CT molecular complexity index is 1370. The first-order chi connectivity index (χ1) is 15.5. The zero-order valence-electron chi connectivity index (χ0n) is 17.4. The van der Waals surface area contributed by atoms with Crippen LogP contribution in [0.3, 0.4) is 0 Å². The van der Waals surface area contributed by atoms with Crippen LogP contribution in [0.25, 0.3) is 10.2 Å². The van der Waals surface area contributed by atoms with Gasteiger partial charge in [0.25, 0.3) is 5.56 Å². The van der Waals surface area contributed by atoms with Gasteiger partial charge in [-0.2, -0.15) is 0 Å². The molecule has 7 nitrogen and oxygen atoms in total. The maximum atomic E-state index is 13.5. The Kier molecular flexibility index (Phi) is 5.52. The second kappa shape index (κ2) is 8.48. The second-order valence-electron chi connectivity index (χ2n) is 7.76. The van der Waals surface area contributed by atoms with Crippen LogP contribution in [0, 0.1) is 6.92 Å². The largest absolute Gasteiger partial charge is 0.506 e. The van der Waals surface area contributed by atoms with Crippen molar-refractivity contribution in [2.45, 2.75) is 37.9 Å². The molecule has 1 aliphatic rings. The molecule has 1 aliphatic carbocycles. The Labute approximate surface area is 192 Å². The zero-order chi connectivity index (χ0) is 22.2. The summed E-state index contributed by atoms with van der Waals surface area (Å²) in [5.41, 5.74) is 2.32. The lowest BCUT2D eigenvalue weighted by Crippen LogP contribution is -2.24. The summed E-state index contributed by atoms with van der Waals surface area (Å²) in [6.07, 6.45) is 4.53. The van der Waals surface area contributed by atoms with Crippen molar-refractivity contribution in [3.05, 3.63) is 68.7 Å². The van der Waals surface area contributed by atoms with Gasteiger partial charge in [-0.3, -0.25) is 14.2 Å². The van der Waals surface area contributed by atoms with Gasteiger partial charge in [0.15, 0.2) is 5.16 Å². The molecule has 5 rings (SSSR count). The number of aryl methyl sites for hydroxylation is 3. The molecule has 0 aliphatic heterocycles. The summed E-state index contributed by atoms with van der Waals surface area (Å²) >= 11 is 2.78. The zero-order valence-corrected chi connectivity index (χ0v) is 19.0. The number of amides is 1. The molecule has 0 bridgehead atoms. The van der Waals surface area contributed by atoms with Crippen LogP contribution in [-0.2, 0) is 24.2 Å². The topological polar surface area (TPSA) is 97.4 Å². The molecule has 2 N–H and O–H groups in total. The van der Waals surface area contributed by atoms with Gasteiger partial charge in [0.2, 0.25) is 5.91 Å². The van der Waals surface area contributed by atoms with E-state index < -0.39 is 0 Å². The third kappa shape index (κ3) is 3.93. The number of aromatic hydroxyl groups is 1. The molecule has 0 atom stereocenters. The van der Waals surface area contributed by atoms with Gasteiger partial charge in [0, 0.05) is 4.88 Å². The third-order valence-electron chi connectivity index (χ3n) is 5.44. The second-order valence-corrected chi connectivity index (χ2v) is 9.79. The van der Waals surface area contributed by atoms with Crippen LogP contribution >= 0.6 is 23.1 Å². The van der Waals surface area contributed by atoms with Gasteiger partial charge in [-0.05, 0) is 61.6 Å². The summed E-state index contributed by atoms with van der Waals surface area (Å²) in [6, 6.07) is 8.62. The maximum absolute atomic E-state index is 13.5. The van der Waals surface area contributed by atoms with Gasteiger partial charge in [-0.1, -0.05) is 17.8 Å². The summed E-state index contributed by atoms with van der Waals surface area (Å²) in [5, 5.41) is 13.9. The fraction of sp³-hybridized carbons (Fsp3) is 0.261. The highest BCUT2D eigenvalue weighted by Crippen LogP contribution is 2.35. The van der Waals surface area contributed by atoms with Crippen LogP contribution in [0.4, 0.5) is 5.69 Å². The SMILES string of the molecule is Cc1ccc(O)c(NC(=O)CSc2nc3sc4c(c3c(=O)n2Cc2ccco2)CCC4)c1. The lowest BCUT2D eigenvalue weighted by Gasteiger charge is -2.12. The number of benzene rings is 1. The van der Waals surface area contributed by atoms with Crippen LogP contribution in [0.2, 0.25) is 0 Å². The molecule has 0 spiro atoms. The van der Waals surface area contributed by atoms with Crippen molar-refractivity contribution in [3.63, 3.8) is 0 Å². The van der Waals surface area contributed by atoms with Gasteiger partial charge in [-0.15, -0.1) is 11.3 Å². The molecule has 4 aromatic rings. The van der Waals surface area contributed by atoms with Gasteiger partial charge in [-0.25, -0.2) is 4.98 Å². The van der Waals surface area contributed by atoms with Crippen LogP contribution in [0.1, 0.15) is 28.2 Å². The molecule has 0 radical (unpaired) electrons. The van der Waals surface area contributed by atoms with E-state index in [4.69, 9.17) is 9.40 Å². The molecule has 3 heterocycles. The first-order valence-corrected chi connectivity index (χ1v) is 12.1. The molecule has 1 aromatic carbocycles. The Balaban J connectivity index is 1.45. The van der Waals surface area contributed by atoms with Crippen molar-refractivity contribution < 1.29 is 14.3 Å². The van der Waals surface area contributed by atoms with E-state index in [2.05, 4.69) is 5.32 Å². The molecular formula is C23H21N3O4S2. The molecule has 0 saturated heterocycles. The lowest BCUT2D eigenvalue weighted by molar-refractivity contribution is -0.113. The molecule has 0 unspecified atom stereocenters. The minimum Gasteiger partial charge on any atom is -0.506 e. The number of anilines is 1. The van der Waals surface area contributed by atoms with Crippen molar-refractivity contribution in [2.24, 2.45) is 0 Å². The number of phenolic OH excluding ortho intramolecular Hbond substituents is 1. The minimum atomic E-state index is -0.288. The normalized spacial score (nSPS) is 12.9. The van der Waals surface area contributed by atoms with Crippen LogP contribution in [0.15, 0.2) is 51.0 Å². The van der Waals surface area contributed by atoms with E-state index >= 15 is 0 Å². The number of rotatable bonds is 6. The maximum Gasteiger partial charge on any atom is 0.263 e. The fourth-order valence-electron chi connectivity index (χ4n) is 3.93. The first-order valence-electron chi connectivity index (χ1n) is 10.3. The lowest BCUT2D eigenvalue weighted by atomic mass is 10.2. The monoisotopic (exact) mass is 467 g/mol. The highest BCUT2D eigenvalue weighted by Gasteiger charge is 2.24. The smallest absolute Gasteiger partial charge is 0.263 e. The van der Waals surface area contributed by atoms with Gasteiger partial charge in [0.1, 0.15) is 16.3 Å². The van der Waals surface area contributed by atoms with Crippen molar-refractivity contribution in [2.75, 3.05) is 11.1 Å². The summed E-state index contributed by atoms with van der Waals surface area (Å²) in [5.74, 6) is 0.421. The number of hydrogen-bond acceptors (Lipinski definition) is 7. The fourth-order valence-corrected chi connectivity index (χ4v) is 6.03. The Morgan fingerprint density at radius 1 is 1.34 bits per heavy atom. The minimum absolute atomic E-state index is 0.0105. The number of phenols is 1. The van der Waals surface area contributed by atoms with E-state index in [9.17, 15) is 14.7 Å². The number of furan rings is 1. The Morgan fingerprint density at radius 3 is 3.03 bits per heavy atom. The summed E-state index contributed by atoms with van der Waals surface area (Å²) in [7, 11) is 0. The Hall–Kier alpha value is -3.04. The van der Waals surface area contributed by atoms with Crippen molar-refractivity contribution in [1.29, 1.82) is 0 Å². The van der Waals surface area contributed by atoms with Crippen molar-refractivity contribution in [3.8, 4) is 5.75 Å². The number of thiophene rings is 1. The van der Waals surface area contributed by atoms with E-state index in [1.165, 1.54) is 16.6 Å². The molecule has 0 saturated carbocycles. The summed E-state index contributed by atoms with van der Waals surface area (Å²) in [4.78, 5) is 32.8. The number of fused-ring (bicyclic) bond motifs is 3. The molecule has 164 valence electrons. The van der Waals surface area contributed by atoms with E-state index in [0.29, 0.717) is 22.0 Å². The van der Waals surface area contributed by atoms with Gasteiger partial charge >= 0.3 is 0 Å². The number of carbonyl (C=O) groups is 1. The molecule has 0 fully saturated rings. The third-order valence-corrected chi connectivity index (χ3v) is 7.60. The van der Waals surface area contributed by atoms with E-state index in [1.54, 1.807) is 46.4 Å². The highest BCUT2D eigenvalue weighted by atomic mass is 32.2. The molecule has 32 heavy (non-hydrogen) atoms. The van der Waals surface area contributed by atoms with E-state index in [1.807, 2.05) is 13.0 Å². The van der Waals surface area contributed by atoms with Crippen LogP contribution < -0.4 is 10.9 Å². The van der Waals surface area contributed by atoms with Gasteiger partial charge in [0.05, 0.1) is 29.6 Å². The first kappa shape index (κ1) is 20.8. The number of hydrogen-bond donors (Lipinski definition) is 2. The van der Waals surface area contributed by atoms with Crippen molar-refractivity contribution >= 4 is 44.9 Å². The molecule has 3 aromatic heterocycles. The predicted molar refractivity (Wildman–Crippen MR) is 126 cm³/mol. The quantitative estimate of drug-likeness (QED) is 0.249. The number of thioether (sulfide) groups is 1. The summed E-state index contributed by atoms with van der Waals surface area (Å²) < 4.78 is 7.05. The molecule has 1 amide bonds. The van der Waals surface area contributed by atoms with Gasteiger partial charge < -0.3 is 14.8 Å². The Morgan fingerprint density at radius 2 is 2.22 bits per heavy atom. The standard InChI is InChI=1S/C23H21N3O4S2/c1-13-7-8-17(27)16(10-13)24-19(28)12-31-23-25-21-20(15-5-2-6-18(15)32-21)22(29)26(23)11-14-4-3-9-30-14/h3-4,7-10,27H,2,5-6,11-12H2,1H3,(H,24,28). The predicted octanol–water partition coefficient (Wildman–Crippen LogP) is 4.33. The van der Waals surface area contributed by atoms with E-state index in [0.717, 1.165) is 35.2 Å². The number of carbonyl (C=O) groups excluding carboxylic acids is 1. The van der Waals surface area contributed by atoms with E-state index in [-0.39, 0.29) is 29.5 Å². The number of aromatic nitrogens is 2. The highest BCUT2D eigenvalue weighted by molar-refractivity contribution is 7.99. The van der Waals surface area contributed by atoms with Crippen LogP contribution in [-0.4, -0.2) is 26.3 Å². The number of nitrogens with zero attached hydrogens (tertiary/aromatic N) is 2. The molecule has 9 heteroatoms. The summed E-state index contributed by atoms with van der Waals surface area (Å²) in [6.45, 7) is 2.14. The van der Waals surface area contributed by atoms with Crippen molar-refractivity contribution in [1.82, 2.24) is 9.55 Å².